The first kappa shape index (κ1) is 20.1. The van der Waals surface area contributed by atoms with Crippen molar-refractivity contribution in [2.45, 2.75) is 33.1 Å². The monoisotopic (exact) mass is 429 g/mol. The second kappa shape index (κ2) is 7.41. The lowest BCUT2D eigenvalue weighted by Crippen LogP contribution is -2.01. The van der Waals surface area contributed by atoms with E-state index in [0.717, 1.165) is 39.4 Å². The zero-order valence-corrected chi connectivity index (χ0v) is 18.1. The Labute approximate surface area is 184 Å². The summed E-state index contributed by atoms with van der Waals surface area (Å²) >= 11 is 0. The SMILES string of the molecule is CCC(C)c1c(-c2cc(F)cc3[nH]ccc23)[nH]c(C(=O)O)c1-c1cc(C)cc2[nH]ccc12. The number of hydrogen-bond donors (Lipinski definition) is 4. The second-order valence-electron chi connectivity index (χ2n) is 8.42. The average Bonchev–Trinajstić information content (AvgIpc) is 3.49. The van der Waals surface area contributed by atoms with Crippen LogP contribution in [0.5, 0.6) is 0 Å². The molecule has 0 aliphatic heterocycles. The van der Waals surface area contributed by atoms with Gasteiger partial charge in [-0.3, -0.25) is 0 Å². The molecule has 0 fully saturated rings. The number of carboxylic acids is 1. The van der Waals surface area contributed by atoms with Crippen LogP contribution in [0.15, 0.2) is 48.8 Å². The molecule has 0 saturated carbocycles. The van der Waals surface area contributed by atoms with Crippen molar-refractivity contribution in [3.8, 4) is 22.4 Å². The highest BCUT2D eigenvalue weighted by Crippen LogP contribution is 2.45. The Morgan fingerprint density at radius 3 is 2.34 bits per heavy atom. The third-order valence-corrected chi connectivity index (χ3v) is 6.34. The van der Waals surface area contributed by atoms with E-state index in [0.29, 0.717) is 22.3 Å². The number of carboxylic acid groups (broad SMARTS) is 1. The highest BCUT2D eigenvalue weighted by atomic mass is 19.1. The quantitative estimate of drug-likeness (QED) is 0.243. The largest absolute Gasteiger partial charge is 0.477 e. The standard InChI is InChI=1S/C26H24FN3O2/c1-4-14(3)22-23(18-9-13(2)10-20-16(18)5-7-28-20)25(26(31)32)30-24(22)19-11-15(27)12-21-17(19)6-8-29-21/h5-12,14,28-30H,4H2,1-3H3,(H,31,32). The van der Waals surface area contributed by atoms with Gasteiger partial charge < -0.3 is 20.1 Å². The summed E-state index contributed by atoms with van der Waals surface area (Å²) in [5, 5.41) is 12.0. The van der Waals surface area contributed by atoms with Gasteiger partial charge in [-0.2, -0.15) is 0 Å². The van der Waals surface area contributed by atoms with E-state index in [1.807, 2.05) is 37.4 Å². The van der Waals surface area contributed by atoms with E-state index in [4.69, 9.17) is 0 Å². The fraction of sp³-hybridized carbons (Fsp3) is 0.192. The van der Waals surface area contributed by atoms with Crippen LogP contribution in [0.1, 0.15) is 47.8 Å². The number of hydrogen-bond acceptors (Lipinski definition) is 1. The van der Waals surface area contributed by atoms with Gasteiger partial charge in [0.25, 0.3) is 0 Å². The molecule has 4 N–H and O–H groups in total. The van der Waals surface area contributed by atoms with Gasteiger partial charge in [0.1, 0.15) is 11.5 Å². The smallest absolute Gasteiger partial charge is 0.352 e. The van der Waals surface area contributed by atoms with Crippen LogP contribution in [0.3, 0.4) is 0 Å². The molecule has 32 heavy (non-hydrogen) atoms. The highest BCUT2D eigenvalue weighted by Gasteiger charge is 2.28. The molecule has 1 atom stereocenters. The number of aryl methyl sites for hydroxylation is 1. The molecule has 0 aliphatic carbocycles. The van der Waals surface area contributed by atoms with Crippen LogP contribution >= 0.6 is 0 Å². The summed E-state index contributed by atoms with van der Waals surface area (Å²) < 4.78 is 14.5. The zero-order valence-electron chi connectivity index (χ0n) is 18.1. The lowest BCUT2D eigenvalue weighted by atomic mass is 9.86. The fourth-order valence-corrected chi connectivity index (χ4v) is 4.72. The first-order valence-corrected chi connectivity index (χ1v) is 10.7. The fourth-order valence-electron chi connectivity index (χ4n) is 4.72. The lowest BCUT2D eigenvalue weighted by molar-refractivity contribution is 0.0692. The lowest BCUT2D eigenvalue weighted by Gasteiger charge is -2.16. The van der Waals surface area contributed by atoms with Gasteiger partial charge in [-0.25, -0.2) is 9.18 Å². The van der Waals surface area contributed by atoms with E-state index in [1.54, 1.807) is 6.20 Å². The third-order valence-electron chi connectivity index (χ3n) is 6.34. The molecule has 5 nitrogen and oxygen atoms in total. The maximum Gasteiger partial charge on any atom is 0.352 e. The Hall–Kier alpha value is -3.80. The summed E-state index contributed by atoms with van der Waals surface area (Å²) in [7, 11) is 0. The normalized spacial score (nSPS) is 12.6. The molecule has 3 heterocycles. The van der Waals surface area contributed by atoms with Gasteiger partial charge >= 0.3 is 5.97 Å². The van der Waals surface area contributed by atoms with Crippen LogP contribution in [0.2, 0.25) is 0 Å². The van der Waals surface area contributed by atoms with Gasteiger partial charge in [-0.15, -0.1) is 0 Å². The maximum atomic E-state index is 14.5. The number of aromatic carboxylic acids is 1. The Bertz CT molecular complexity index is 1490. The number of aromatic amines is 3. The van der Waals surface area contributed by atoms with Crippen LogP contribution in [-0.4, -0.2) is 26.0 Å². The molecule has 1 unspecified atom stereocenters. The van der Waals surface area contributed by atoms with Crippen molar-refractivity contribution in [1.82, 2.24) is 15.0 Å². The summed E-state index contributed by atoms with van der Waals surface area (Å²) in [6.45, 7) is 6.15. The minimum Gasteiger partial charge on any atom is -0.477 e. The number of halogens is 1. The van der Waals surface area contributed by atoms with Gasteiger partial charge in [0.2, 0.25) is 0 Å². The Balaban J connectivity index is 1.93. The molecular weight excluding hydrogens is 405 g/mol. The minimum absolute atomic E-state index is 0.0520. The molecule has 162 valence electrons. The topological polar surface area (TPSA) is 84.7 Å². The summed E-state index contributed by atoms with van der Waals surface area (Å²) in [4.78, 5) is 21.9. The number of benzene rings is 2. The molecule has 0 saturated heterocycles. The molecule has 2 aromatic carbocycles. The van der Waals surface area contributed by atoms with Crippen molar-refractivity contribution in [2.75, 3.05) is 0 Å². The number of H-pyrrole nitrogens is 3. The average molecular weight is 429 g/mol. The summed E-state index contributed by atoms with van der Waals surface area (Å²) in [5.41, 5.74) is 6.51. The molecule has 0 spiro atoms. The van der Waals surface area contributed by atoms with Crippen molar-refractivity contribution < 1.29 is 14.3 Å². The molecule has 0 aliphatic rings. The van der Waals surface area contributed by atoms with Crippen molar-refractivity contribution in [3.63, 3.8) is 0 Å². The predicted octanol–water partition coefficient (Wildman–Crippen LogP) is 6.97. The Morgan fingerprint density at radius 1 is 1.03 bits per heavy atom. The minimum atomic E-state index is -1.04. The summed E-state index contributed by atoms with van der Waals surface area (Å²) in [6.07, 6.45) is 4.44. The summed E-state index contributed by atoms with van der Waals surface area (Å²) in [6, 6.07) is 10.9. The van der Waals surface area contributed by atoms with Crippen LogP contribution in [0, 0.1) is 12.7 Å². The van der Waals surface area contributed by atoms with E-state index < -0.39 is 5.97 Å². The van der Waals surface area contributed by atoms with Crippen LogP contribution in [-0.2, 0) is 0 Å². The van der Waals surface area contributed by atoms with Crippen LogP contribution < -0.4 is 0 Å². The second-order valence-corrected chi connectivity index (χ2v) is 8.42. The zero-order chi connectivity index (χ0) is 22.6. The first-order chi connectivity index (χ1) is 15.4. The number of aromatic nitrogens is 3. The Kier molecular flexibility index (Phi) is 4.66. The van der Waals surface area contributed by atoms with Crippen molar-refractivity contribution >= 4 is 27.8 Å². The number of nitrogens with one attached hydrogen (secondary N) is 3. The highest BCUT2D eigenvalue weighted by molar-refractivity contribution is 6.07. The van der Waals surface area contributed by atoms with Gasteiger partial charge in [0.05, 0.1) is 5.69 Å². The van der Waals surface area contributed by atoms with Gasteiger partial charge in [0, 0.05) is 45.3 Å². The van der Waals surface area contributed by atoms with Crippen molar-refractivity contribution in [3.05, 3.63) is 71.4 Å². The molecule has 0 amide bonds. The molecular formula is C26H24FN3O2. The van der Waals surface area contributed by atoms with Crippen molar-refractivity contribution in [1.29, 1.82) is 0 Å². The molecule has 5 aromatic rings. The molecule has 5 rings (SSSR count). The number of carbonyl (C=O) groups is 1. The van der Waals surface area contributed by atoms with Gasteiger partial charge in [-0.1, -0.05) is 19.9 Å². The third kappa shape index (κ3) is 3.02. The van der Waals surface area contributed by atoms with Crippen LogP contribution in [0.25, 0.3) is 44.2 Å². The van der Waals surface area contributed by atoms with E-state index >= 15 is 0 Å². The number of rotatable bonds is 5. The van der Waals surface area contributed by atoms with Gasteiger partial charge in [0.15, 0.2) is 0 Å². The first-order valence-electron chi connectivity index (χ1n) is 10.7. The number of fused-ring (bicyclic) bond motifs is 2. The predicted molar refractivity (Wildman–Crippen MR) is 126 cm³/mol. The summed E-state index contributed by atoms with van der Waals surface area (Å²) in [5.74, 6) is -1.36. The van der Waals surface area contributed by atoms with E-state index in [1.165, 1.54) is 12.1 Å². The maximum absolute atomic E-state index is 14.5. The Morgan fingerprint density at radius 2 is 1.69 bits per heavy atom. The van der Waals surface area contributed by atoms with Crippen LogP contribution in [0.4, 0.5) is 4.39 Å². The molecule has 3 aromatic heterocycles. The van der Waals surface area contributed by atoms with E-state index in [9.17, 15) is 14.3 Å². The van der Waals surface area contributed by atoms with Crippen molar-refractivity contribution in [2.24, 2.45) is 0 Å². The van der Waals surface area contributed by atoms with E-state index in [-0.39, 0.29) is 17.4 Å². The molecule has 0 radical (unpaired) electrons. The molecule has 6 heteroatoms. The van der Waals surface area contributed by atoms with Gasteiger partial charge in [-0.05, 0) is 66.3 Å². The van der Waals surface area contributed by atoms with E-state index in [2.05, 4.69) is 28.8 Å². The molecule has 0 bridgehead atoms.